The van der Waals surface area contributed by atoms with E-state index in [9.17, 15) is 24.3 Å². The van der Waals surface area contributed by atoms with Gasteiger partial charge < -0.3 is 30.2 Å². The number of nitrogens with zero attached hydrogens (tertiary/aromatic N) is 4. The Morgan fingerprint density at radius 3 is 2.64 bits per heavy atom. The molecule has 0 radical (unpaired) electrons. The second-order valence-corrected chi connectivity index (χ2v) is 10.9. The second-order valence-electron chi connectivity index (χ2n) is 10.9. The topological polar surface area (TPSA) is 162 Å². The van der Waals surface area contributed by atoms with Crippen LogP contribution in [0.2, 0.25) is 0 Å². The van der Waals surface area contributed by atoms with Crippen molar-refractivity contribution in [2.75, 3.05) is 6.54 Å². The van der Waals surface area contributed by atoms with E-state index in [1.54, 1.807) is 21.9 Å². The van der Waals surface area contributed by atoms with E-state index in [2.05, 4.69) is 25.6 Å². The molecule has 0 saturated heterocycles. The molecule has 2 fully saturated rings. The first-order chi connectivity index (χ1) is 18.7. The third-order valence-corrected chi connectivity index (χ3v) is 7.77. The highest BCUT2D eigenvalue weighted by Gasteiger charge is 2.38. The first-order valence-electron chi connectivity index (χ1n) is 13.4. The molecule has 3 aromatic rings. The molecule has 0 unspecified atom stereocenters. The molecule has 39 heavy (non-hydrogen) atoms. The van der Waals surface area contributed by atoms with Crippen molar-refractivity contribution in [3.05, 3.63) is 51.3 Å². The molecule has 12 nitrogen and oxygen atoms in total. The Morgan fingerprint density at radius 1 is 1.18 bits per heavy atom. The molecule has 3 amide bonds. The van der Waals surface area contributed by atoms with Crippen LogP contribution in [0.25, 0.3) is 11.2 Å². The number of aromatic hydroxyl groups is 1. The molecule has 2 saturated carbocycles. The molecule has 1 atom stereocenters. The lowest BCUT2D eigenvalue weighted by atomic mass is 10.1. The largest absolute Gasteiger partial charge is 0.503 e. The Kier molecular flexibility index (Phi) is 6.12. The zero-order valence-electron chi connectivity index (χ0n) is 21.9. The van der Waals surface area contributed by atoms with Crippen molar-refractivity contribution in [3.63, 3.8) is 0 Å². The summed E-state index contributed by atoms with van der Waals surface area (Å²) in [7, 11) is 0. The Balaban J connectivity index is 1.19. The summed E-state index contributed by atoms with van der Waals surface area (Å²) in [6, 6.07) is 0.393. The van der Waals surface area contributed by atoms with Crippen LogP contribution in [0.1, 0.15) is 77.7 Å². The van der Waals surface area contributed by atoms with E-state index in [-0.39, 0.29) is 30.1 Å². The SMILES string of the molecule is CC(C)N1CCn2c(CNC(=O)[C@H](NC(=O)c3c[nH]c4ncc(C5CC5)nc34)C3CC3)cc(=O)c(O)c2C1=O. The van der Waals surface area contributed by atoms with Gasteiger partial charge in [0.2, 0.25) is 11.3 Å². The van der Waals surface area contributed by atoms with Gasteiger partial charge in [-0.05, 0) is 45.4 Å². The molecule has 4 N–H and O–H groups in total. The normalized spacial score (nSPS) is 17.8. The molecule has 3 aromatic heterocycles. The van der Waals surface area contributed by atoms with Crippen molar-refractivity contribution in [2.45, 2.75) is 70.6 Å². The zero-order chi connectivity index (χ0) is 27.4. The van der Waals surface area contributed by atoms with Gasteiger partial charge >= 0.3 is 0 Å². The fourth-order valence-electron chi connectivity index (χ4n) is 5.23. The third kappa shape index (κ3) is 4.64. The van der Waals surface area contributed by atoms with E-state index in [0.717, 1.165) is 31.4 Å². The lowest BCUT2D eigenvalue weighted by molar-refractivity contribution is -0.123. The van der Waals surface area contributed by atoms with E-state index in [1.807, 2.05) is 13.8 Å². The maximum Gasteiger partial charge on any atom is 0.274 e. The Labute approximate surface area is 223 Å². The lowest BCUT2D eigenvalue weighted by Gasteiger charge is -2.34. The fraction of sp³-hybridized carbons (Fsp3) is 0.481. The summed E-state index contributed by atoms with van der Waals surface area (Å²) >= 11 is 0. The van der Waals surface area contributed by atoms with Crippen LogP contribution in [-0.2, 0) is 17.9 Å². The molecule has 12 heteroatoms. The number of rotatable bonds is 8. The van der Waals surface area contributed by atoms with Crippen LogP contribution < -0.4 is 16.1 Å². The molecule has 0 bridgehead atoms. The summed E-state index contributed by atoms with van der Waals surface area (Å²) in [4.78, 5) is 65.6. The van der Waals surface area contributed by atoms with Crippen molar-refractivity contribution in [1.29, 1.82) is 0 Å². The maximum atomic E-state index is 13.3. The molecule has 0 aromatic carbocycles. The molecule has 1 aliphatic heterocycles. The number of fused-ring (bicyclic) bond motifs is 2. The van der Waals surface area contributed by atoms with Gasteiger partial charge in [-0.3, -0.25) is 19.2 Å². The van der Waals surface area contributed by atoms with Gasteiger partial charge in [0.05, 0.1) is 24.0 Å². The van der Waals surface area contributed by atoms with Gasteiger partial charge in [-0.15, -0.1) is 0 Å². The Hall–Kier alpha value is -4.22. The van der Waals surface area contributed by atoms with Crippen LogP contribution in [0.5, 0.6) is 5.75 Å². The molecular formula is C27H31N7O5. The van der Waals surface area contributed by atoms with Gasteiger partial charge in [0, 0.05) is 43.0 Å². The summed E-state index contributed by atoms with van der Waals surface area (Å²) in [6.07, 6.45) is 7.05. The number of nitrogens with one attached hydrogen (secondary N) is 3. The number of pyridine rings is 1. The minimum absolute atomic E-state index is 0.00454. The predicted molar refractivity (Wildman–Crippen MR) is 140 cm³/mol. The van der Waals surface area contributed by atoms with Crippen LogP contribution in [-0.4, -0.2) is 65.9 Å². The van der Waals surface area contributed by atoms with Crippen molar-refractivity contribution in [2.24, 2.45) is 5.92 Å². The highest BCUT2D eigenvalue weighted by Crippen LogP contribution is 2.39. The number of amides is 3. The second kappa shape index (κ2) is 9.51. The minimum atomic E-state index is -0.759. The highest BCUT2D eigenvalue weighted by atomic mass is 16.3. The quantitative estimate of drug-likeness (QED) is 0.340. The monoisotopic (exact) mass is 533 g/mol. The number of hydrogen-bond donors (Lipinski definition) is 4. The standard InChI is InChI=1S/C27H31N7O5/c1-13(2)33-7-8-34-16(9-19(35)23(36)22(34)27(33)39)10-30-26(38)20(15-5-6-15)32-25(37)17-11-28-24-21(17)31-18(12-29-24)14-3-4-14/h9,11-15,20,36H,3-8,10H2,1-2H3,(H,28,29)(H,30,38)(H,32,37)/t20-/m1/s1. The van der Waals surface area contributed by atoms with Crippen molar-refractivity contribution in [3.8, 4) is 5.75 Å². The van der Waals surface area contributed by atoms with Gasteiger partial charge in [0.25, 0.3) is 11.8 Å². The lowest BCUT2D eigenvalue weighted by Crippen LogP contribution is -2.49. The average molecular weight is 534 g/mol. The smallest absolute Gasteiger partial charge is 0.274 e. The molecular weight excluding hydrogens is 502 g/mol. The number of aromatic amines is 1. The predicted octanol–water partition coefficient (Wildman–Crippen LogP) is 1.39. The molecule has 204 valence electrons. The van der Waals surface area contributed by atoms with Gasteiger partial charge in [-0.25, -0.2) is 9.97 Å². The molecule has 6 rings (SSSR count). The Bertz CT molecular complexity index is 1550. The number of hydrogen-bond acceptors (Lipinski definition) is 7. The third-order valence-electron chi connectivity index (χ3n) is 7.77. The van der Waals surface area contributed by atoms with Crippen LogP contribution in [0.15, 0.2) is 23.3 Å². The fourth-order valence-corrected chi connectivity index (χ4v) is 5.23. The van der Waals surface area contributed by atoms with E-state index in [0.29, 0.717) is 41.4 Å². The maximum absolute atomic E-state index is 13.3. The van der Waals surface area contributed by atoms with Gasteiger partial charge in [0.15, 0.2) is 17.1 Å². The first-order valence-corrected chi connectivity index (χ1v) is 13.4. The van der Waals surface area contributed by atoms with E-state index < -0.39 is 29.0 Å². The molecule has 4 heterocycles. The van der Waals surface area contributed by atoms with Crippen molar-refractivity contribution >= 4 is 28.9 Å². The van der Waals surface area contributed by atoms with Crippen molar-refractivity contribution < 1.29 is 19.5 Å². The van der Waals surface area contributed by atoms with Gasteiger partial charge in [-0.2, -0.15) is 0 Å². The van der Waals surface area contributed by atoms with Crippen molar-refractivity contribution in [1.82, 2.24) is 35.1 Å². The number of carbonyl (C=O) groups excluding carboxylic acids is 3. The van der Waals surface area contributed by atoms with Gasteiger partial charge in [0.1, 0.15) is 11.6 Å². The van der Waals surface area contributed by atoms with E-state index >= 15 is 0 Å². The average Bonchev–Trinajstić information content (AvgIpc) is 3.85. The molecule has 2 aliphatic carbocycles. The van der Waals surface area contributed by atoms with E-state index in [1.165, 1.54) is 6.07 Å². The number of carbonyl (C=O) groups is 3. The Morgan fingerprint density at radius 2 is 1.95 bits per heavy atom. The summed E-state index contributed by atoms with van der Waals surface area (Å²) in [5.41, 5.74) is 1.89. The summed E-state index contributed by atoms with van der Waals surface area (Å²) in [5, 5.41) is 16.1. The zero-order valence-corrected chi connectivity index (χ0v) is 21.9. The van der Waals surface area contributed by atoms with Crippen LogP contribution in [0.3, 0.4) is 0 Å². The molecule has 0 spiro atoms. The summed E-state index contributed by atoms with van der Waals surface area (Å²) in [5.74, 6) is -1.40. The van der Waals surface area contributed by atoms with Crippen LogP contribution in [0, 0.1) is 5.92 Å². The molecule has 3 aliphatic rings. The minimum Gasteiger partial charge on any atom is -0.503 e. The van der Waals surface area contributed by atoms with E-state index in [4.69, 9.17) is 0 Å². The number of aromatic nitrogens is 4. The summed E-state index contributed by atoms with van der Waals surface area (Å²) in [6.45, 7) is 4.51. The van der Waals surface area contributed by atoms with Crippen LogP contribution >= 0.6 is 0 Å². The number of H-pyrrole nitrogens is 1. The first kappa shape index (κ1) is 25.1. The highest BCUT2D eigenvalue weighted by molar-refractivity contribution is 6.06. The summed E-state index contributed by atoms with van der Waals surface area (Å²) < 4.78 is 1.59. The van der Waals surface area contributed by atoms with Crippen LogP contribution in [0.4, 0.5) is 0 Å². The van der Waals surface area contributed by atoms with Gasteiger partial charge in [-0.1, -0.05) is 0 Å².